The molecular formula is C13H17N3O2. The molecule has 0 aliphatic rings. The molecule has 0 spiro atoms. The van der Waals surface area contributed by atoms with Gasteiger partial charge in [0, 0.05) is 11.9 Å². The van der Waals surface area contributed by atoms with Crippen LogP contribution in [0.15, 0.2) is 24.3 Å². The summed E-state index contributed by atoms with van der Waals surface area (Å²) in [6, 6.07) is 7.49. The second-order valence-corrected chi connectivity index (χ2v) is 4.22. The highest BCUT2D eigenvalue weighted by Crippen LogP contribution is 2.14. The maximum atomic E-state index is 11.9. The van der Waals surface area contributed by atoms with Crippen molar-refractivity contribution in [3.8, 4) is 0 Å². The average Bonchev–Trinajstić information content (AvgIpc) is 2.82. The fraction of sp³-hybridized carbons (Fsp3) is 0.385. The van der Waals surface area contributed by atoms with Gasteiger partial charge in [-0.25, -0.2) is 0 Å². The SMILES string of the molecule is CCC(O)CCNC(=O)c1n[nH]c2ccccc12. The number of hydrogen-bond donors (Lipinski definition) is 3. The number of fused-ring (bicyclic) bond motifs is 1. The van der Waals surface area contributed by atoms with E-state index in [4.69, 9.17) is 0 Å². The number of carbonyl (C=O) groups excluding carboxylic acids is 1. The van der Waals surface area contributed by atoms with E-state index >= 15 is 0 Å². The van der Waals surface area contributed by atoms with Crippen LogP contribution in [0.5, 0.6) is 0 Å². The van der Waals surface area contributed by atoms with Gasteiger partial charge in [-0.15, -0.1) is 0 Å². The van der Waals surface area contributed by atoms with Gasteiger partial charge in [-0.2, -0.15) is 5.10 Å². The van der Waals surface area contributed by atoms with Crippen molar-refractivity contribution < 1.29 is 9.90 Å². The molecule has 0 bridgehead atoms. The number of aliphatic hydroxyl groups is 1. The molecule has 5 heteroatoms. The van der Waals surface area contributed by atoms with Crippen LogP contribution in [0.3, 0.4) is 0 Å². The summed E-state index contributed by atoms with van der Waals surface area (Å²) in [6.07, 6.45) is 0.896. The van der Waals surface area contributed by atoms with Crippen molar-refractivity contribution in [1.29, 1.82) is 0 Å². The van der Waals surface area contributed by atoms with Crippen molar-refractivity contribution in [3.05, 3.63) is 30.0 Å². The lowest BCUT2D eigenvalue weighted by Crippen LogP contribution is -2.27. The Hall–Kier alpha value is -1.88. The summed E-state index contributed by atoms with van der Waals surface area (Å²) in [5, 5.41) is 19.8. The molecule has 96 valence electrons. The number of nitrogens with one attached hydrogen (secondary N) is 2. The molecule has 0 fully saturated rings. The molecule has 1 amide bonds. The van der Waals surface area contributed by atoms with Crippen LogP contribution in [0.2, 0.25) is 0 Å². The average molecular weight is 247 g/mol. The second kappa shape index (κ2) is 5.64. The summed E-state index contributed by atoms with van der Waals surface area (Å²) in [4.78, 5) is 11.9. The minimum Gasteiger partial charge on any atom is -0.393 e. The highest BCUT2D eigenvalue weighted by atomic mass is 16.3. The van der Waals surface area contributed by atoms with E-state index in [0.29, 0.717) is 25.1 Å². The standard InChI is InChI=1S/C13H17N3O2/c1-2-9(17)7-8-14-13(18)12-10-5-3-4-6-11(10)15-16-12/h3-6,9,17H,2,7-8H2,1H3,(H,14,18)(H,15,16). The Bertz CT molecular complexity index is 536. The van der Waals surface area contributed by atoms with E-state index in [9.17, 15) is 9.90 Å². The molecule has 1 heterocycles. The number of benzene rings is 1. The van der Waals surface area contributed by atoms with E-state index in [1.54, 1.807) is 0 Å². The smallest absolute Gasteiger partial charge is 0.272 e. The van der Waals surface area contributed by atoms with Crippen LogP contribution in [0.1, 0.15) is 30.3 Å². The van der Waals surface area contributed by atoms with E-state index < -0.39 is 0 Å². The van der Waals surface area contributed by atoms with E-state index in [1.807, 2.05) is 31.2 Å². The predicted molar refractivity (Wildman–Crippen MR) is 69.3 cm³/mol. The van der Waals surface area contributed by atoms with Crippen molar-refractivity contribution in [2.45, 2.75) is 25.9 Å². The van der Waals surface area contributed by atoms with Gasteiger partial charge in [-0.05, 0) is 18.9 Å². The molecule has 18 heavy (non-hydrogen) atoms. The van der Waals surface area contributed by atoms with Crippen LogP contribution in [0.25, 0.3) is 10.9 Å². The zero-order valence-electron chi connectivity index (χ0n) is 10.3. The molecule has 3 N–H and O–H groups in total. The first-order valence-corrected chi connectivity index (χ1v) is 6.11. The van der Waals surface area contributed by atoms with Crippen molar-refractivity contribution >= 4 is 16.8 Å². The number of rotatable bonds is 5. The minimum absolute atomic E-state index is 0.212. The molecule has 2 aromatic rings. The third-order valence-electron chi connectivity index (χ3n) is 2.92. The molecule has 0 saturated heterocycles. The first-order valence-electron chi connectivity index (χ1n) is 6.11. The Kier molecular flexibility index (Phi) is 3.94. The van der Waals surface area contributed by atoms with Crippen molar-refractivity contribution in [2.75, 3.05) is 6.54 Å². The van der Waals surface area contributed by atoms with Crippen molar-refractivity contribution in [1.82, 2.24) is 15.5 Å². The normalized spacial score (nSPS) is 12.6. The van der Waals surface area contributed by atoms with Crippen molar-refractivity contribution in [2.24, 2.45) is 0 Å². The molecule has 2 rings (SSSR count). The quantitative estimate of drug-likeness (QED) is 0.748. The van der Waals surface area contributed by atoms with E-state index in [2.05, 4.69) is 15.5 Å². The zero-order chi connectivity index (χ0) is 13.0. The molecule has 0 aliphatic heterocycles. The maximum Gasteiger partial charge on any atom is 0.272 e. The van der Waals surface area contributed by atoms with Crippen LogP contribution in [0, 0.1) is 0 Å². The Labute approximate surface area is 105 Å². The van der Waals surface area contributed by atoms with E-state index in [1.165, 1.54) is 0 Å². The monoisotopic (exact) mass is 247 g/mol. The lowest BCUT2D eigenvalue weighted by molar-refractivity contribution is 0.0938. The summed E-state index contributed by atoms with van der Waals surface area (Å²) in [5.74, 6) is -0.212. The van der Waals surface area contributed by atoms with Gasteiger partial charge in [0.05, 0.1) is 11.6 Å². The fourth-order valence-corrected chi connectivity index (χ4v) is 1.78. The molecule has 5 nitrogen and oxygen atoms in total. The Morgan fingerprint density at radius 3 is 3.06 bits per heavy atom. The third-order valence-corrected chi connectivity index (χ3v) is 2.92. The topological polar surface area (TPSA) is 78.0 Å². The van der Waals surface area contributed by atoms with Gasteiger partial charge in [-0.3, -0.25) is 9.89 Å². The maximum absolute atomic E-state index is 11.9. The van der Waals surface area contributed by atoms with E-state index in [-0.39, 0.29) is 12.0 Å². The van der Waals surface area contributed by atoms with Gasteiger partial charge in [0.15, 0.2) is 5.69 Å². The van der Waals surface area contributed by atoms with Crippen LogP contribution < -0.4 is 5.32 Å². The lowest BCUT2D eigenvalue weighted by Gasteiger charge is -2.07. The summed E-state index contributed by atoms with van der Waals surface area (Å²) >= 11 is 0. The lowest BCUT2D eigenvalue weighted by atomic mass is 10.2. The number of para-hydroxylation sites is 1. The summed E-state index contributed by atoms with van der Waals surface area (Å²) in [6.45, 7) is 2.36. The van der Waals surface area contributed by atoms with Gasteiger partial charge in [-0.1, -0.05) is 25.1 Å². The first kappa shape index (κ1) is 12.6. The number of aliphatic hydroxyl groups excluding tert-OH is 1. The highest BCUT2D eigenvalue weighted by molar-refractivity contribution is 6.04. The summed E-state index contributed by atoms with van der Waals surface area (Å²) < 4.78 is 0. The van der Waals surface area contributed by atoms with Crippen LogP contribution in [-0.4, -0.2) is 33.9 Å². The highest BCUT2D eigenvalue weighted by Gasteiger charge is 2.13. The van der Waals surface area contributed by atoms with Gasteiger partial charge < -0.3 is 10.4 Å². The van der Waals surface area contributed by atoms with Gasteiger partial charge in [0.25, 0.3) is 5.91 Å². The molecule has 1 unspecified atom stereocenters. The molecular weight excluding hydrogens is 230 g/mol. The second-order valence-electron chi connectivity index (χ2n) is 4.22. The van der Waals surface area contributed by atoms with Gasteiger partial charge in [0.2, 0.25) is 0 Å². The minimum atomic E-state index is -0.360. The number of aromatic nitrogens is 2. The number of amides is 1. The molecule has 1 atom stereocenters. The number of aromatic amines is 1. The molecule has 0 radical (unpaired) electrons. The third kappa shape index (κ3) is 2.68. The van der Waals surface area contributed by atoms with Gasteiger partial charge >= 0.3 is 0 Å². The van der Waals surface area contributed by atoms with Crippen LogP contribution >= 0.6 is 0 Å². The number of carbonyl (C=O) groups is 1. The molecule has 1 aromatic heterocycles. The predicted octanol–water partition coefficient (Wildman–Crippen LogP) is 1.45. The number of nitrogens with zero attached hydrogens (tertiary/aromatic N) is 1. The first-order chi connectivity index (χ1) is 8.72. The Morgan fingerprint density at radius 1 is 1.50 bits per heavy atom. The van der Waals surface area contributed by atoms with Crippen LogP contribution in [0.4, 0.5) is 0 Å². The largest absolute Gasteiger partial charge is 0.393 e. The number of hydrogen-bond acceptors (Lipinski definition) is 3. The fourth-order valence-electron chi connectivity index (χ4n) is 1.78. The zero-order valence-corrected chi connectivity index (χ0v) is 10.3. The molecule has 0 aliphatic carbocycles. The summed E-state index contributed by atoms with van der Waals surface area (Å²) in [7, 11) is 0. The van der Waals surface area contributed by atoms with Crippen molar-refractivity contribution in [3.63, 3.8) is 0 Å². The van der Waals surface area contributed by atoms with E-state index in [0.717, 1.165) is 10.9 Å². The Morgan fingerprint density at radius 2 is 2.28 bits per heavy atom. The van der Waals surface area contributed by atoms with Gasteiger partial charge in [0.1, 0.15) is 0 Å². The summed E-state index contributed by atoms with van der Waals surface area (Å²) in [5.41, 5.74) is 1.24. The van der Waals surface area contributed by atoms with Crippen LogP contribution in [-0.2, 0) is 0 Å². The molecule has 0 saturated carbocycles. The number of H-pyrrole nitrogens is 1. The molecule has 1 aromatic carbocycles. The Balaban J connectivity index is 2.01.